The minimum atomic E-state index is -0.883. The van der Waals surface area contributed by atoms with Gasteiger partial charge in [-0.25, -0.2) is 4.79 Å². The lowest BCUT2D eigenvalue weighted by Gasteiger charge is -2.13. The average molecular weight is 328 g/mol. The van der Waals surface area contributed by atoms with E-state index in [1.54, 1.807) is 6.07 Å². The third kappa shape index (κ3) is 3.70. The number of esters is 1. The molecule has 1 fully saturated rings. The highest BCUT2D eigenvalue weighted by atomic mass is 79.9. The van der Waals surface area contributed by atoms with E-state index in [1.807, 2.05) is 0 Å². The highest BCUT2D eigenvalue weighted by Crippen LogP contribution is 2.23. The first-order valence-electron chi connectivity index (χ1n) is 5.97. The van der Waals surface area contributed by atoms with Gasteiger partial charge in [0.2, 0.25) is 0 Å². The highest BCUT2D eigenvalue weighted by Gasteiger charge is 2.27. The molecule has 1 aromatic carbocycles. The van der Waals surface area contributed by atoms with E-state index in [0.29, 0.717) is 4.47 Å². The van der Waals surface area contributed by atoms with Crippen molar-refractivity contribution in [2.75, 3.05) is 0 Å². The van der Waals surface area contributed by atoms with Crippen LogP contribution in [0.1, 0.15) is 30.1 Å². The zero-order valence-corrected chi connectivity index (χ0v) is 11.9. The first-order chi connectivity index (χ1) is 8.97. The van der Waals surface area contributed by atoms with Crippen molar-refractivity contribution in [2.24, 2.45) is 0 Å². The third-order valence-electron chi connectivity index (χ3n) is 2.76. The number of carbonyl (C=O) groups excluding carboxylic acids is 2. The third-order valence-corrected chi connectivity index (χ3v) is 3.25. The van der Waals surface area contributed by atoms with Crippen LogP contribution < -0.4 is 5.32 Å². The molecule has 0 radical (unpaired) electrons. The Morgan fingerprint density at radius 2 is 2.16 bits per heavy atom. The molecule has 1 atom stereocenters. The predicted octanol–water partition coefficient (Wildman–Crippen LogP) is 1.98. The SMILES string of the molecule is CC(OC(=O)c1cc(Br)ccc1O)C(=O)NC1CC1. The van der Waals surface area contributed by atoms with E-state index in [0.717, 1.165) is 12.8 Å². The molecule has 0 saturated heterocycles. The molecule has 1 aliphatic carbocycles. The van der Waals surface area contributed by atoms with Crippen molar-refractivity contribution < 1.29 is 19.4 Å². The second-order valence-electron chi connectivity index (χ2n) is 4.49. The number of aromatic hydroxyl groups is 1. The largest absolute Gasteiger partial charge is 0.507 e. The van der Waals surface area contributed by atoms with E-state index in [9.17, 15) is 14.7 Å². The number of phenolic OH excluding ortho intramolecular Hbond substituents is 1. The molecular weight excluding hydrogens is 314 g/mol. The summed E-state index contributed by atoms with van der Waals surface area (Å²) in [5, 5.41) is 12.3. The molecule has 1 aliphatic rings. The van der Waals surface area contributed by atoms with Gasteiger partial charge in [-0.05, 0) is 38.0 Å². The summed E-state index contributed by atoms with van der Waals surface area (Å²) < 4.78 is 5.68. The van der Waals surface area contributed by atoms with Gasteiger partial charge < -0.3 is 15.2 Å². The lowest BCUT2D eigenvalue weighted by atomic mass is 10.2. The highest BCUT2D eigenvalue weighted by molar-refractivity contribution is 9.10. The van der Waals surface area contributed by atoms with E-state index < -0.39 is 12.1 Å². The molecule has 1 aromatic rings. The van der Waals surface area contributed by atoms with Gasteiger partial charge in [0.05, 0.1) is 0 Å². The van der Waals surface area contributed by atoms with Crippen LogP contribution in [-0.4, -0.2) is 29.1 Å². The monoisotopic (exact) mass is 327 g/mol. The van der Waals surface area contributed by atoms with Crippen molar-refractivity contribution >= 4 is 27.8 Å². The van der Waals surface area contributed by atoms with Crippen molar-refractivity contribution in [3.8, 4) is 5.75 Å². The van der Waals surface area contributed by atoms with Gasteiger partial charge in [-0.3, -0.25) is 4.79 Å². The van der Waals surface area contributed by atoms with E-state index in [1.165, 1.54) is 19.1 Å². The fourth-order valence-electron chi connectivity index (χ4n) is 1.50. The summed E-state index contributed by atoms with van der Waals surface area (Å²) in [6, 6.07) is 4.65. The van der Waals surface area contributed by atoms with E-state index >= 15 is 0 Å². The average Bonchev–Trinajstić information content (AvgIpc) is 3.15. The fourth-order valence-corrected chi connectivity index (χ4v) is 1.86. The van der Waals surface area contributed by atoms with Crippen molar-refractivity contribution in [3.05, 3.63) is 28.2 Å². The van der Waals surface area contributed by atoms with Crippen molar-refractivity contribution in [1.82, 2.24) is 5.32 Å². The molecule has 2 N–H and O–H groups in total. The van der Waals surface area contributed by atoms with Gasteiger partial charge in [0.1, 0.15) is 11.3 Å². The molecule has 19 heavy (non-hydrogen) atoms. The Hall–Kier alpha value is -1.56. The summed E-state index contributed by atoms with van der Waals surface area (Å²) >= 11 is 3.20. The van der Waals surface area contributed by atoms with Crippen LogP contribution in [0, 0.1) is 0 Å². The molecule has 0 spiro atoms. The van der Waals surface area contributed by atoms with Gasteiger partial charge in [-0.1, -0.05) is 15.9 Å². The van der Waals surface area contributed by atoms with Gasteiger partial charge >= 0.3 is 5.97 Å². The summed E-state index contributed by atoms with van der Waals surface area (Å²) in [4.78, 5) is 23.5. The number of rotatable bonds is 4. The van der Waals surface area contributed by atoms with Gasteiger partial charge in [0, 0.05) is 10.5 Å². The maximum Gasteiger partial charge on any atom is 0.342 e. The summed E-state index contributed by atoms with van der Waals surface area (Å²) in [5.74, 6) is -1.22. The number of carbonyl (C=O) groups is 2. The van der Waals surface area contributed by atoms with E-state index in [-0.39, 0.29) is 23.3 Å². The van der Waals surface area contributed by atoms with Crippen molar-refractivity contribution in [1.29, 1.82) is 0 Å². The maximum atomic E-state index is 11.9. The topological polar surface area (TPSA) is 75.6 Å². The zero-order valence-electron chi connectivity index (χ0n) is 10.4. The number of hydrogen-bond acceptors (Lipinski definition) is 4. The maximum absolute atomic E-state index is 11.9. The Labute approximate surface area is 119 Å². The van der Waals surface area contributed by atoms with Gasteiger partial charge in [-0.15, -0.1) is 0 Å². The molecule has 0 bridgehead atoms. The van der Waals surface area contributed by atoms with Crippen LogP contribution in [0.2, 0.25) is 0 Å². The Morgan fingerprint density at radius 3 is 2.79 bits per heavy atom. The number of nitrogens with one attached hydrogen (secondary N) is 1. The Bertz CT molecular complexity index is 513. The van der Waals surface area contributed by atoms with Crippen molar-refractivity contribution in [3.63, 3.8) is 0 Å². The summed E-state index contributed by atoms with van der Waals surface area (Å²) in [5.41, 5.74) is 0.0282. The molecule has 1 saturated carbocycles. The molecule has 6 heteroatoms. The summed E-state index contributed by atoms with van der Waals surface area (Å²) in [6.07, 6.45) is 1.06. The first kappa shape index (κ1) is 13.9. The fraction of sp³-hybridized carbons (Fsp3) is 0.385. The minimum absolute atomic E-state index is 0.0282. The Kier molecular flexibility index (Phi) is 4.09. The summed E-state index contributed by atoms with van der Waals surface area (Å²) in [7, 11) is 0. The first-order valence-corrected chi connectivity index (χ1v) is 6.76. The van der Waals surface area contributed by atoms with E-state index in [4.69, 9.17) is 4.74 Å². The molecule has 0 heterocycles. The predicted molar refractivity (Wildman–Crippen MR) is 71.8 cm³/mol. The minimum Gasteiger partial charge on any atom is -0.507 e. The molecule has 1 unspecified atom stereocenters. The van der Waals surface area contributed by atoms with Crippen LogP contribution in [-0.2, 0) is 9.53 Å². The lowest BCUT2D eigenvalue weighted by Crippen LogP contribution is -2.37. The standard InChI is InChI=1S/C13H14BrNO4/c1-7(12(17)15-9-3-4-9)19-13(18)10-6-8(14)2-5-11(10)16/h2,5-7,9,16H,3-4H2,1H3,(H,15,17). The van der Waals surface area contributed by atoms with E-state index in [2.05, 4.69) is 21.2 Å². The Balaban J connectivity index is 1.99. The molecule has 1 amide bonds. The second-order valence-corrected chi connectivity index (χ2v) is 5.41. The van der Waals surface area contributed by atoms with Crippen LogP contribution in [0.25, 0.3) is 0 Å². The van der Waals surface area contributed by atoms with Crippen LogP contribution in [0.5, 0.6) is 5.75 Å². The zero-order chi connectivity index (χ0) is 14.0. The van der Waals surface area contributed by atoms with Gasteiger partial charge in [0.25, 0.3) is 5.91 Å². The van der Waals surface area contributed by atoms with Crippen LogP contribution >= 0.6 is 15.9 Å². The number of halogens is 1. The molecule has 0 aliphatic heterocycles. The number of ether oxygens (including phenoxy) is 1. The molecule has 0 aromatic heterocycles. The number of phenols is 1. The molecule has 5 nitrogen and oxygen atoms in total. The normalized spacial score (nSPS) is 15.7. The van der Waals surface area contributed by atoms with Crippen LogP contribution in [0.15, 0.2) is 22.7 Å². The number of amides is 1. The molecule has 102 valence electrons. The summed E-state index contributed by atoms with van der Waals surface area (Å²) in [6.45, 7) is 1.50. The second kappa shape index (κ2) is 5.61. The smallest absolute Gasteiger partial charge is 0.342 e. The molecular formula is C13H14BrNO4. The van der Waals surface area contributed by atoms with Gasteiger partial charge in [-0.2, -0.15) is 0 Å². The van der Waals surface area contributed by atoms with Gasteiger partial charge in [0.15, 0.2) is 6.10 Å². The quantitative estimate of drug-likeness (QED) is 0.829. The Morgan fingerprint density at radius 1 is 1.47 bits per heavy atom. The van der Waals surface area contributed by atoms with Crippen LogP contribution in [0.3, 0.4) is 0 Å². The number of hydrogen-bond donors (Lipinski definition) is 2. The lowest BCUT2D eigenvalue weighted by molar-refractivity contribution is -0.129. The number of benzene rings is 1. The van der Waals surface area contributed by atoms with Crippen LogP contribution in [0.4, 0.5) is 0 Å². The molecule has 2 rings (SSSR count). The van der Waals surface area contributed by atoms with Crippen molar-refractivity contribution in [2.45, 2.75) is 31.9 Å².